The van der Waals surface area contributed by atoms with Crippen molar-refractivity contribution in [1.29, 1.82) is 0 Å². The molecule has 3 aromatic rings. The quantitative estimate of drug-likeness (QED) is 0.705. The van der Waals surface area contributed by atoms with Crippen molar-refractivity contribution in [2.75, 3.05) is 6.54 Å². The largest absolute Gasteiger partial charge is 0.505 e. The molecule has 1 atom stereocenters. The van der Waals surface area contributed by atoms with Crippen LogP contribution in [0, 0.1) is 5.82 Å². The normalized spacial score (nSPS) is 12.1. The van der Waals surface area contributed by atoms with E-state index in [0.29, 0.717) is 17.1 Å². The smallest absolute Gasteiger partial charge is 0.172 e. The number of hydrogen-bond acceptors (Lipinski definition) is 2. The number of phenolic OH excluding ortho intramolecular Hbond substituents is 1. The van der Waals surface area contributed by atoms with Crippen LogP contribution in [0.2, 0.25) is 5.02 Å². The summed E-state index contributed by atoms with van der Waals surface area (Å²) in [6, 6.07) is 19.9. The van der Waals surface area contributed by atoms with Crippen molar-refractivity contribution in [2.45, 2.75) is 5.92 Å². The van der Waals surface area contributed by atoms with Crippen LogP contribution in [0.15, 0.2) is 66.7 Å². The van der Waals surface area contributed by atoms with Gasteiger partial charge in [0.1, 0.15) is 0 Å². The maximum absolute atomic E-state index is 14.3. The van der Waals surface area contributed by atoms with Gasteiger partial charge in [0.2, 0.25) is 0 Å². The lowest BCUT2D eigenvalue weighted by Gasteiger charge is -2.18. The maximum atomic E-state index is 14.3. The molecule has 4 heteroatoms. The molecule has 24 heavy (non-hydrogen) atoms. The molecule has 0 spiro atoms. The third-order valence-electron chi connectivity index (χ3n) is 4.10. The minimum atomic E-state index is -0.680. The first-order valence-corrected chi connectivity index (χ1v) is 8.02. The van der Waals surface area contributed by atoms with Gasteiger partial charge in [-0.2, -0.15) is 0 Å². The topological polar surface area (TPSA) is 46.2 Å². The lowest BCUT2D eigenvalue weighted by atomic mass is 9.89. The molecule has 1 unspecified atom stereocenters. The zero-order valence-electron chi connectivity index (χ0n) is 12.9. The first-order valence-electron chi connectivity index (χ1n) is 7.64. The molecule has 3 rings (SSSR count). The Bertz CT molecular complexity index is 852. The second-order valence-electron chi connectivity index (χ2n) is 5.58. The third-order valence-corrected chi connectivity index (χ3v) is 4.43. The van der Waals surface area contributed by atoms with E-state index in [2.05, 4.69) is 0 Å². The van der Waals surface area contributed by atoms with Crippen molar-refractivity contribution in [2.24, 2.45) is 5.73 Å². The number of rotatable bonds is 4. The molecule has 0 aliphatic heterocycles. The van der Waals surface area contributed by atoms with Crippen LogP contribution in [0.25, 0.3) is 11.1 Å². The minimum Gasteiger partial charge on any atom is -0.505 e. The van der Waals surface area contributed by atoms with Gasteiger partial charge in [-0.3, -0.25) is 0 Å². The first-order chi connectivity index (χ1) is 11.6. The van der Waals surface area contributed by atoms with Gasteiger partial charge in [-0.05, 0) is 29.3 Å². The summed E-state index contributed by atoms with van der Waals surface area (Å²) in [6.07, 6.45) is 0. The fourth-order valence-electron chi connectivity index (χ4n) is 2.84. The number of aromatic hydroxyl groups is 1. The van der Waals surface area contributed by atoms with Crippen LogP contribution in [0.3, 0.4) is 0 Å². The summed E-state index contributed by atoms with van der Waals surface area (Å²) in [6.45, 7) is 0.424. The Balaban J connectivity index is 2.11. The van der Waals surface area contributed by atoms with Gasteiger partial charge in [-0.1, -0.05) is 60.1 Å². The lowest BCUT2D eigenvalue weighted by molar-refractivity contribution is 0.433. The van der Waals surface area contributed by atoms with Crippen LogP contribution < -0.4 is 5.73 Å². The Kier molecular flexibility index (Phi) is 4.84. The highest BCUT2D eigenvalue weighted by Gasteiger charge is 2.17. The van der Waals surface area contributed by atoms with E-state index in [9.17, 15) is 9.50 Å². The molecular weight excluding hydrogens is 325 g/mol. The second kappa shape index (κ2) is 7.04. The fourth-order valence-corrected chi connectivity index (χ4v) is 3.06. The van der Waals surface area contributed by atoms with Crippen molar-refractivity contribution in [3.8, 4) is 16.9 Å². The second-order valence-corrected chi connectivity index (χ2v) is 5.98. The first kappa shape index (κ1) is 16.5. The molecular formula is C20H17ClFNO. The number of halogens is 2. The van der Waals surface area contributed by atoms with Crippen LogP contribution in [-0.2, 0) is 0 Å². The van der Waals surface area contributed by atoms with Crippen LogP contribution >= 0.6 is 11.6 Å². The predicted octanol–water partition coefficient (Wildman–Crippen LogP) is 4.94. The van der Waals surface area contributed by atoms with E-state index in [1.54, 1.807) is 18.2 Å². The molecule has 0 radical (unpaired) electrons. The Morgan fingerprint density at radius 1 is 0.917 bits per heavy atom. The number of benzene rings is 3. The van der Waals surface area contributed by atoms with Gasteiger partial charge in [-0.25, -0.2) is 4.39 Å². The molecule has 0 fully saturated rings. The lowest BCUT2D eigenvalue weighted by Crippen LogP contribution is -2.13. The molecule has 0 aromatic heterocycles. The maximum Gasteiger partial charge on any atom is 0.172 e. The third kappa shape index (κ3) is 3.14. The van der Waals surface area contributed by atoms with E-state index in [1.165, 1.54) is 6.07 Å². The zero-order valence-corrected chi connectivity index (χ0v) is 13.7. The van der Waals surface area contributed by atoms with Crippen molar-refractivity contribution in [3.63, 3.8) is 0 Å². The highest BCUT2D eigenvalue weighted by Crippen LogP contribution is 2.36. The van der Waals surface area contributed by atoms with Gasteiger partial charge in [0, 0.05) is 28.6 Å². The number of hydrogen-bond donors (Lipinski definition) is 2. The molecule has 0 heterocycles. The molecule has 0 saturated heterocycles. The van der Waals surface area contributed by atoms with Crippen LogP contribution in [0.4, 0.5) is 4.39 Å². The molecule has 0 saturated carbocycles. The summed E-state index contributed by atoms with van der Waals surface area (Å²) in [4.78, 5) is 0. The van der Waals surface area contributed by atoms with Crippen LogP contribution in [-0.4, -0.2) is 11.7 Å². The molecule has 3 N–H and O–H groups in total. The van der Waals surface area contributed by atoms with Gasteiger partial charge < -0.3 is 10.8 Å². The standard InChI is InChI=1S/C20H17ClFNO/c21-18-10-9-14(17(12-23)13-5-2-1-3-6-13)11-16(18)15-7-4-8-19(24)20(15)22/h1-11,17,24H,12,23H2. The molecule has 2 nitrogen and oxygen atoms in total. The van der Waals surface area contributed by atoms with Gasteiger partial charge in [-0.15, -0.1) is 0 Å². The minimum absolute atomic E-state index is 0.0115. The van der Waals surface area contributed by atoms with E-state index in [-0.39, 0.29) is 11.5 Å². The Morgan fingerprint density at radius 3 is 2.38 bits per heavy atom. The monoisotopic (exact) mass is 341 g/mol. The average molecular weight is 342 g/mol. The van der Waals surface area contributed by atoms with Crippen molar-refractivity contribution >= 4 is 11.6 Å². The van der Waals surface area contributed by atoms with Crippen LogP contribution in [0.1, 0.15) is 17.0 Å². The molecule has 122 valence electrons. The summed E-state index contributed by atoms with van der Waals surface area (Å²) in [5.41, 5.74) is 8.82. The van der Waals surface area contributed by atoms with Crippen molar-refractivity contribution in [3.05, 3.63) is 88.7 Å². The van der Waals surface area contributed by atoms with E-state index in [0.717, 1.165) is 11.1 Å². The molecule has 0 amide bonds. The number of phenols is 1. The van der Waals surface area contributed by atoms with Gasteiger partial charge in [0.15, 0.2) is 11.6 Å². The molecule has 0 aliphatic rings. The van der Waals surface area contributed by atoms with Gasteiger partial charge in [0.25, 0.3) is 0 Å². The van der Waals surface area contributed by atoms with E-state index in [4.69, 9.17) is 17.3 Å². The highest BCUT2D eigenvalue weighted by molar-refractivity contribution is 6.33. The molecule has 0 bridgehead atoms. The van der Waals surface area contributed by atoms with Gasteiger partial charge in [0.05, 0.1) is 0 Å². The van der Waals surface area contributed by atoms with Gasteiger partial charge >= 0.3 is 0 Å². The Labute approximate surface area is 145 Å². The molecule has 3 aromatic carbocycles. The van der Waals surface area contributed by atoms with E-state index >= 15 is 0 Å². The van der Waals surface area contributed by atoms with Crippen molar-refractivity contribution < 1.29 is 9.50 Å². The fraction of sp³-hybridized carbons (Fsp3) is 0.100. The van der Waals surface area contributed by atoms with Crippen molar-refractivity contribution in [1.82, 2.24) is 0 Å². The summed E-state index contributed by atoms with van der Waals surface area (Å²) >= 11 is 6.27. The summed E-state index contributed by atoms with van der Waals surface area (Å²) < 4.78 is 14.3. The summed E-state index contributed by atoms with van der Waals surface area (Å²) in [5.74, 6) is -1.09. The Morgan fingerprint density at radius 2 is 1.67 bits per heavy atom. The summed E-state index contributed by atoms with van der Waals surface area (Å²) in [5, 5.41) is 10.0. The Hall–Kier alpha value is -2.36. The zero-order chi connectivity index (χ0) is 17.1. The van der Waals surface area contributed by atoms with E-state index < -0.39 is 11.6 Å². The average Bonchev–Trinajstić information content (AvgIpc) is 2.61. The molecule has 0 aliphatic carbocycles. The predicted molar refractivity (Wildman–Crippen MR) is 95.9 cm³/mol. The number of nitrogens with two attached hydrogens (primary N) is 1. The van der Waals surface area contributed by atoms with E-state index in [1.807, 2.05) is 42.5 Å². The highest BCUT2D eigenvalue weighted by atomic mass is 35.5. The van der Waals surface area contributed by atoms with Crippen LogP contribution in [0.5, 0.6) is 5.75 Å². The SMILES string of the molecule is NCC(c1ccccc1)c1ccc(Cl)c(-c2cccc(O)c2F)c1. The summed E-state index contributed by atoms with van der Waals surface area (Å²) in [7, 11) is 0.